The molecule has 0 radical (unpaired) electrons. The summed E-state index contributed by atoms with van der Waals surface area (Å²) in [6.45, 7) is 4.92. The molecule has 1 aliphatic rings. The van der Waals surface area contributed by atoms with Crippen LogP contribution in [0.2, 0.25) is 0 Å². The maximum atomic E-state index is 13.0. The molecule has 0 aliphatic heterocycles. The minimum atomic E-state index is -4.67. The third kappa shape index (κ3) is 6.72. The summed E-state index contributed by atoms with van der Waals surface area (Å²) in [5, 5.41) is 0. The van der Waals surface area contributed by atoms with Gasteiger partial charge < -0.3 is 9.08 Å². The number of alkyl halides is 3. The van der Waals surface area contributed by atoms with Crippen LogP contribution in [0.3, 0.4) is 0 Å². The molecular weight excluding hydrogens is 455 g/mol. The summed E-state index contributed by atoms with van der Waals surface area (Å²) >= 11 is 0. The summed E-state index contributed by atoms with van der Waals surface area (Å²) < 4.78 is 69.2. The molecule has 3 rings (SSSR count). The van der Waals surface area contributed by atoms with Crippen LogP contribution < -0.4 is 4.18 Å². The molecule has 0 spiro atoms. The fourth-order valence-electron chi connectivity index (χ4n) is 4.02. The van der Waals surface area contributed by atoms with E-state index < -0.39 is 26.8 Å². The zero-order valence-electron chi connectivity index (χ0n) is 18.6. The largest absolute Gasteiger partial charge is 0.416 e. The summed E-state index contributed by atoms with van der Waals surface area (Å²) in [7, 11) is -4.47. The molecule has 2 aromatic carbocycles. The summed E-state index contributed by atoms with van der Waals surface area (Å²) in [5.41, 5.74) is -0.394. The van der Waals surface area contributed by atoms with Gasteiger partial charge in [0.1, 0.15) is 10.6 Å². The Hall–Kier alpha value is -2.55. The number of hydrogen-bond donors (Lipinski definition) is 0. The molecule has 1 saturated carbocycles. The first-order valence-electron chi connectivity index (χ1n) is 10.9. The first kappa shape index (κ1) is 25.1. The Balaban J connectivity index is 1.79. The molecule has 1 aliphatic carbocycles. The third-order valence-electron chi connectivity index (χ3n) is 5.53. The fraction of sp³-hybridized carbons (Fsp3) is 0.458. The molecular formula is C24H28F3NO4S. The van der Waals surface area contributed by atoms with E-state index >= 15 is 0 Å². The lowest BCUT2D eigenvalue weighted by Crippen LogP contribution is -2.37. The third-order valence-corrected chi connectivity index (χ3v) is 6.77. The van der Waals surface area contributed by atoms with Crippen molar-refractivity contribution in [2.24, 2.45) is 11.8 Å². The highest BCUT2D eigenvalue weighted by Crippen LogP contribution is 2.31. The SMILES string of the molecule is CC(C)CN(Cc1cccc(OS(=O)(=O)c2cccc(C(F)(F)F)c2)c1)C(=O)C1CCCC1. The van der Waals surface area contributed by atoms with E-state index in [4.69, 9.17) is 4.18 Å². The van der Waals surface area contributed by atoms with Gasteiger partial charge in [0.15, 0.2) is 0 Å². The van der Waals surface area contributed by atoms with E-state index in [1.807, 2.05) is 13.8 Å². The molecule has 180 valence electrons. The van der Waals surface area contributed by atoms with Crippen molar-refractivity contribution in [3.05, 3.63) is 59.7 Å². The standard InChI is InChI=1S/C24H28F3NO4S/c1-17(2)15-28(23(29)19-8-3-4-9-19)16-18-7-5-11-21(13-18)32-33(30,31)22-12-6-10-20(14-22)24(25,26)27/h5-7,10-14,17,19H,3-4,8-9,15-16H2,1-2H3. The Labute approximate surface area is 192 Å². The lowest BCUT2D eigenvalue weighted by atomic mass is 10.0. The maximum Gasteiger partial charge on any atom is 0.416 e. The molecule has 9 heteroatoms. The second kappa shape index (κ2) is 10.2. The average Bonchev–Trinajstić information content (AvgIpc) is 3.27. The topological polar surface area (TPSA) is 63.7 Å². The Morgan fingerprint density at radius 1 is 1.09 bits per heavy atom. The van der Waals surface area contributed by atoms with E-state index in [0.717, 1.165) is 43.9 Å². The van der Waals surface area contributed by atoms with Crippen LogP contribution in [0.5, 0.6) is 5.75 Å². The molecule has 2 aromatic rings. The Morgan fingerprint density at radius 3 is 2.39 bits per heavy atom. The molecule has 33 heavy (non-hydrogen) atoms. The number of hydrogen-bond acceptors (Lipinski definition) is 4. The van der Waals surface area contributed by atoms with E-state index in [0.29, 0.717) is 24.7 Å². The number of amides is 1. The predicted octanol–water partition coefficient (Wildman–Crippen LogP) is 5.65. The smallest absolute Gasteiger partial charge is 0.379 e. The lowest BCUT2D eigenvalue weighted by molar-refractivity contribution is -0.138. The zero-order chi connectivity index (χ0) is 24.2. The molecule has 0 unspecified atom stereocenters. The van der Waals surface area contributed by atoms with Crippen molar-refractivity contribution in [1.29, 1.82) is 0 Å². The highest BCUT2D eigenvalue weighted by molar-refractivity contribution is 7.87. The van der Waals surface area contributed by atoms with Gasteiger partial charge in [0, 0.05) is 19.0 Å². The number of carbonyl (C=O) groups is 1. The van der Waals surface area contributed by atoms with Crippen LogP contribution in [0.4, 0.5) is 13.2 Å². The quantitative estimate of drug-likeness (QED) is 0.456. The van der Waals surface area contributed by atoms with Gasteiger partial charge in [-0.3, -0.25) is 4.79 Å². The summed E-state index contributed by atoms with van der Waals surface area (Å²) in [6.07, 6.45) is -0.819. The van der Waals surface area contributed by atoms with Gasteiger partial charge >= 0.3 is 16.3 Å². The monoisotopic (exact) mass is 483 g/mol. The van der Waals surface area contributed by atoms with Gasteiger partial charge in [-0.05, 0) is 54.7 Å². The predicted molar refractivity (Wildman–Crippen MR) is 118 cm³/mol. The first-order valence-corrected chi connectivity index (χ1v) is 12.4. The zero-order valence-corrected chi connectivity index (χ0v) is 19.5. The molecule has 1 amide bonds. The van der Waals surface area contributed by atoms with Crippen molar-refractivity contribution in [2.75, 3.05) is 6.54 Å². The minimum absolute atomic E-state index is 0.0180. The molecule has 0 N–H and O–H groups in total. The van der Waals surface area contributed by atoms with Crippen molar-refractivity contribution in [1.82, 2.24) is 4.90 Å². The van der Waals surface area contributed by atoms with Gasteiger partial charge in [-0.2, -0.15) is 21.6 Å². The van der Waals surface area contributed by atoms with Gasteiger partial charge in [0.05, 0.1) is 5.56 Å². The van der Waals surface area contributed by atoms with Gasteiger partial charge in [-0.1, -0.05) is 44.9 Å². The molecule has 0 saturated heterocycles. The molecule has 0 bridgehead atoms. The molecule has 0 heterocycles. The van der Waals surface area contributed by atoms with Crippen LogP contribution in [0.1, 0.15) is 50.7 Å². The highest BCUT2D eigenvalue weighted by Gasteiger charge is 2.32. The fourth-order valence-corrected chi connectivity index (χ4v) is 4.99. The van der Waals surface area contributed by atoms with Crippen LogP contribution in [0.25, 0.3) is 0 Å². The van der Waals surface area contributed by atoms with Crippen molar-refractivity contribution in [3.8, 4) is 5.75 Å². The van der Waals surface area contributed by atoms with Crippen LogP contribution in [-0.4, -0.2) is 25.8 Å². The van der Waals surface area contributed by atoms with Crippen molar-refractivity contribution in [3.63, 3.8) is 0 Å². The summed E-state index contributed by atoms with van der Waals surface area (Å²) in [4.78, 5) is 14.2. The van der Waals surface area contributed by atoms with Gasteiger partial charge in [-0.25, -0.2) is 0 Å². The van der Waals surface area contributed by atoms with Crippen LogP contribution in [0, 0.1) is 11.8 Å². The van der Waals surface area contributed by atoms with Gasteiger partial charge in [0.2, 0.25) is 5.91 Å². The average molecular weight is 484 g/mol. The Morgan fingerprint density at radius 2 is 1.76 bits per heavy atom. The second-order valence-corrected chi connectivity index (χ2v) is 10.4. The van der Waals surface area contributed by atoms with Crippen LogP contribution in [-0.2, 0) is 27.6 Å². The van der Waals surface area contributed by atoms with Gasteiger partial charge in [-0.15, -0.1) is 0 Å². The summed E-state index contributed by atoms with van der Waals surface area (Å²) in [5.74, 6) is 0.354. The molecule has 0 aromatic heterocycles. The highest BCUT2D eigenvalue weighted by atomic mass is 32.2. The first-order chi connectivity index (χ1) is 15.5. The number of rotatable bonds is 8. The summed E-state index contributed by atoms with van der Waals surface area (Å²) in [6, 6.07) is 9.70. The van der Waals surface area contributed by atoms with Crippen LogP contribution >= 0.6 is 0 Å². The number of nitrogens with zero attached hydrogens (tertiary/aromatic N) is 1. The lowest BCUT2D eigenvalue weighted by Gasteiger charge is -2.27. The molecule has 1 fully saturated rings. The van der Waals surface area contributed by atoms with Crippen LogP contribution in [0.15, 0.2) is 53.4 Å². The van der Waals surface area contributed by atoms with Gasteiger partial charge in [0.25, 0.3) is 0 Å². The second-order valence-electron chi connectivity index (χ2n) is 8.80. The van der Waals surface area contributed by atoms with E-state index in [-0.39, 0.29) is 23.5 Å². The Kier molecular flexibility index (Phi) is 7.72. The van der Waals surface area contributed by atoms with E-state index in [1.165, 1.54) is 12.1 Å². The van der Waals surface area contributed by atoms with Crippen molar-refractivity contribution in [2.45, 2.75) is 57.1 Å². The number of benzene rings is 2. The van der Waals surface area contributed by atoms with Crippen molar-refractivity contribution < 1.29 is 30.6 Å². The number of carbonyl (C=O) groups excluding carboxylic acids is 1. The number of halogens is 3. The van der Waals surface area contributed by atoms with E-state index in [1.54, 1.807) is 17.0 Å². The minimum Gasteiger partial charge on any atom is -0.379 e. The Bertz CT molecular complexity index is 1080. The van der Waals surface area contributed by atoms with E-state index in [2.05, 4.69) is 0 Å². The molecule has 0 atom stereocenters. The van der Waals surface area contributed by atoms with E-state index in [9.17, 15) is 26.4 Å². The molecule has 5 nitrogen and oxygen atoms in total. The normalized spacial score (nSPS) is 15.1. The van der Waals surface area contributed by atoms with Crippen molar-refractivity contribution >= 4 is 16.0 Å². The maximum absolute atomic E-state index is 13.0.